The highest BCUT2D eigenvalue weighted by Crippen LogP contribution is 2.15. The van der Waals surface area contributed by atoms with Crippen molar-refractivity contribution in [1.82, 2.24) is 95.7 Å². The van der Waals surface area contributed by atoms with Gasteiger partial charge in [0.25, 0.3) is 0 Å². The summed E-state index contributed by atoms with van der Waals surface area (Å²) in [6.45, 7) is 6.87. The van der Waals surface area contributed by atoms with E-state index in [0.717, 1.165) is 6.92 Å². The Hall–Kier alpha value is -11.9. The van der Waals surface area contributed by atoms with Crippen LogP contribution in [0.3, 0.4) is 0 Å². The van der Waals surface area contributed by atoms with E-state index in [0.29, 0.717) is 37.5 Å². The van der Waals surface area contributed by atoms with Gasteiger partial charge in [0.05, 0.1) is 83.9 Å². The number of nitrogens with two attached hydrogens (primary N) is 4. The zero-order chi connectivity index (χ0) is 93.3. The van der Waals surface area contributed by atoms with Gasteiger partial charge < -0.3 is 154 Å². The first-order valence-electron chi connectivity index (χ1n) is 40.1. The number of aliphatic hydroxyl groups is 5. The molecule has 0 bridgehead atoms. The molecule has 0 aliphatic carbocycles. The van der Waals surface area contributed by atoms with Crippen molar-refractivity contribution in [1.29, 1.82) is 0 Å². The van der Waals surface area contributed by atoms with Crippen LogP contribution in [0, 0.1) is 23.7 Å². The maximum atomic E-state index is 14.0. The van der Waals surface area contributed by atoms with Gasteiger partial charge in [0, 0.05) is 6.54 Å². The smallest absolute Gasteiger partial charge is 0.245 e. The second-order valence-electron chi connectivity index (χ2n) is 29.8. The minimum atomic E-state index is -1.92. The summed E-state index contributed by atoms with van der Waals surface area (Å²) in [6, 6.07) is -13.2. The molecule has 1 rings (SSSR count). The fourth-order valence-electron chi connectivity index (χ4n) is 11.0. The van der Waals surface area contributed by atoms with E-state index in [1.54, 1.807) is 53.7 Å². The molecule has 48 nitrogen and oxygen atoms in total. The van der Waals surface area contributed by atoms with E-state index in [9.17, 15) is 122 Å². The van der Waals surface area contributed by atoms with Crippen molar-refractivity contribution in [3.8, 4) is 5.75 Å². The molecule has 692 valence electrons. The van der Waals surface area contributed by atoms with E-state index >= 15 is 0 Å². The predicted octanol–water partition coefficient (Wildman–Crippen LogP) is -12.7. The number of aliphatic hydroxyl groups excluding tert-OH is 5. The highest BCUT2D eigenvalue weighted by Gasteiger charge is 2.38. The molecule has 0 saturated heterocycles. The second-order valence-corrected chi connectivity index (χ2v) is 29.8. The molecule has 32 N–H and O–H groups in total. The molecule has 16 atom stereocenters. The Bertz CT molecular complexity index is 3720. The van der Waals surface area contributed by atoms with E-state index in [1.165, 1.54) is 32.9 Å². The third-order valence-corrected chi connectivity index (χ3v) is 18.7. The van der Waals surface area contributed by atoms with Crippen LogP contribution < -0.4 is 119 Å². The van der Waals surface area contributed by atoms with Crippen molar-refractivity contribution in [2.45, 2.75) is 212 Å². The molecule has 48 heteroatoms. The lowest BCUT2D eigenvalue weighted by molar-refractivity contribution is -0.138. The Kier molecular flexibility index (Phi) is 51.6. The van der Waals surface area contributed by atoms with Crippen LogP contribution in [0.5, 0.6) is 5.75 Å². The van der Waals surface area contributed by atoms with Gasteiger partial charge in [-0.2, -0.15) is 0 Å². The number of benzene rings is 1. The summed E-state index contributed by atoms with van der Waals surface area (Å²) in [7, 11) is 0. The Morgan fingerprint density at radius 2 is 0.780 bits per heavy atom. The lowest BCUT2D eigenvalue weighted by atomic mass is 9.96. The molecular formula is C75H127N23O25. The largest absolute Gasteiger partial charge is 0.508 e. The van der Waals surface area contributed by atoms with Crippen LogP contribution >= 0.6 is 0 Å². The average Bonchev–Trinajstić information content (AvgIpc) is 0.844. The van der Waals surface area contributed by atoms with Gasteiger partial charge in [0.1, 0.15) is 78.5 Å². The van der Waals surface area contributed by atoms with Crippen molar-refractivity contribution >= 4 is 119 Å². The Balaban J connectivity index is 2.84. The summed E-state index contributed by atoms with van der Waals surface area (Å²) in [6.07, 6.45) is 0.935. The Morgan fingerprint density at radius 1 is 0.407 bits per heavy atom. The molecule has 0 radical (unpaired) electrons. The Labute approximate surface area is 711 Å². The van der Waals surface area contributed by atoms with Crippen LogP contribution in [0.1, 0.15) is 126 Å². The van der Waals surface area contributed by atoms with E-state index in [-0.39, 0.29) is 62.8 Å². The average molecular weight is 1750 g/mol. The number of phenols is 1. The predicted molar refractivity (Wildman–Crippen MR) is 439 cm³/mol. The van der Waals surface area contributed by atoms with E-state index < -0.39 is 274 Å². The zero-order valence-electron chi connectivity index (χ0n) is 70.8. The molecule has 0 aliphatic rings. The van der Waals surface area contributed by atoms with Crippen LogP contribution in [0.4, 0.5) is 0 Å². The highest BCUT2D eigenvalue weighted by molar-refractivity contribution is 6.00. The molecule has 0 spiro atoms. The number of aldehydes is 1. The maximum absolute atomic E-state index is 14.0. The summed E-state index contributed by atoms with van der Waals surface area (Å²) < 4.78 is 0. The fourth-order valence-corrected chi connectivity index (χ4v) is 11.0. The molecule has 0 fully saturated rings. The number of aromatic hydroxyl groups is 1. The molecule has 0 unspecified atom stereocenters. The molecule has 123 heavy (non-hydrogen) atoms. The van der Waals surface area contributed by atoms with Gasteiger partial charge in [-0.1, -0.05) is 80.4 Å². The number of guanidine groups is 1. The molecule has 0 saturated carbocycles. The summed E-state index contributed by atoms with van der Waals surface area (Å²) in [5.41, 5.74) is 22.8. The number of amides is 18. The Morgan fingerprint density at radius 3 is 1.20 bits per heavy atom. The van der Waals surface area contributed by atoms with Crippen molar-refractivity contribution in [3.63, 3.8) is 0 Å². The molecule has 0 aromatic heterocycles. The first-order chi connectivity index (χ1) is 57.9. The van der Waals surface area contributed by atoms with Gasteiger partial charge in [-0.3, -0.25) is 91.3 Å². The monoisotopic (exact) mass is 1750 g/mol. The maximum Gasteiger partial charge on any atom is 0.245 e. The first-order valence-corrected chi connectivity index (χ1v) is 40.1. The number of nitrogens with one attached hydrogen (secondary N) is 18. The lowest BCUT2D eigenvalue weighted by Gasteiger charge is -2.30. The molecule has 0 aliphatic heterocycles. The molecule has 18 amide bonds. The second kappa shape index (κ2) is 58.2. The summed E-state index contributed by atoms with van der Waals surface area (Å²) in [5.74, 6) is -19.8. The normalized spacial score (nSPS) is 14.9. The number of hydrogen-bond donors (Lipinski definition) is 28. The summed E-state index contributed by atoms with van der Waals surface area (Å²) in [5, 5.41) is 102. The quantitative estimate of drug-likeness (QED) is 0.0125. The van der Waals surface area contributed by atoms with Crippen LogP contribution in [0.2, 0.25) is 0 Å². The minimum Gasteiger partial charge on any atom is -0.508 e. The van der Waals surface area contributed by atoms with Gasteiger partial charge in [-0.05, 0) is 107 Å². The van der Waals surface area contributed by atoms with Crippen molar-refractivity contribution in [2.24, 2.45) is 51.6 Å². The van der Waals surface area contributed by atoms with Crippen LogP contribution in [0.15, 0.2) is 29.3 Å². The van der Waals surface area contributed by atoms with E-state index in [2.05, 4.69) is 101 Å². The number of carbonyl (C=O) groups is 19. The van der Waals surface area contributed by atoms with Gasteiger partial charge in [-0.25, -0.2) is 0 Å². The summed E-state index contributed by atoms with van der Waals surface area (Å²) >= 11 is 0. The zero-order valence-corrected chi connectivity index (χ0v) is 70.8. The minimum absolute atomic E-state index is 0.0174. The van der Waals surface area contributed by atoms with Crippen molar-refractivity contribution in [3.05, 3.63) is 29.8 Å². The van der Waals surface area contributed by atoms with Crippen molar-refractivity contribution in [2.75, 3.05) is 78.8 Å². The number of nitrogens with zero attached hydrogens (tertiary/aromatic N) is 1. The van der Waals surface area contributed by atoms with E-state index in [1.807, 2.05) is 0 Å². The van der Waals surface area contributed by atoms with Crippen LogP contribution in [-0.2, 0) is 97.5 Å². The number of hydrogen-bond acceptors (Lipinski definition) is 28. The number of carbonyl (C=O) groups excluding carboxylic acids is 19. The number of unbranched alkanes of at least 4 members (excludes halogenated alkanes) is 1. The number of aliphatic imine (C=N–C) groups is 1. The van der Waals surface area contributed by atoms with E-state index in [4.69, 9.17) is 22.9 Å². The topological polar surface area (TPSA) is 779 Å². The van der Waals surface area contributed by atoms with Gasteiger partial charge in [0.15, 0.2) is 5.96 Å². The third-order valence-electron chi connectivity index (χ3n) is 18.7. The summed E-state index contributed by atoms with van der Waals surface area (Å²) in [4.78, 5) is 253. The lowest BCUT2D eigenvalue weighted by Crippen LogP contribution is -2.63. The third kappa shape index (κ3) is 42.5. The van der Waals surface area contributed by atoms with Crippen LogP contribution in [0.25, 0.3) is 0 Å². The van der Waals surface area contributed by atoms with Gasteiger partial charge >= 0.3 is 0 Å². The molecule has 0 heterocycles. The van der Waals surface area contributed by atoms with Gasteiger partial charge in [0.2, 0.25) is 106 Å². The molecule has 1 aromatic carbocycles. The molecule has 1 aromatic rings. The first kappa shape index (κ1) is 109. The fraction of sp³-hybridized carbons (Fsp3) is 0.653. The van der Waals surface area contributed by atoms with Crippen molar-refractivity contribution < 1.29 is 122 Å². The SMILES string of the molecule is CC[C@H](C)[C@H](NC(=O)[C@H](C)NC(=O)[C@@H](N)CCCN=C(N)N)C(=O)NCC(=O)NCC(=O)NCC(=O)N[C@@H](CC(C)C)C(=O)N[C@@H](CO)C(=O)N[C@@H](CO)C(=O)N[C@H](C(=O)NCC(=O)NCC(=O)NCC(=O)N[C@@H](CO)C(=O)N[C@@H](CO)C(=O)N[C@H](C(=O)N[C@H](C(=O)N[C@@H](CCCCN)C(=O)N[C@H](C=O)Cc1ccc(O)cc1)[C@@H](C)CC)[C@@H](C)O)C(C)C. The van der Waals surface area contributed by atoms with Crippen LogP contribution in [-0.4, -0.2) is 313 Å². The standard InChI is InChI=1S/C75H127N23O25/c1-11-39(7)60(96-63(112)41(9)87-64(113)46(77)16-15-23-80-75(78)79)72(121)86-29-56(109)82-26-53(106)83-30-57(110)89-48(24-37(3)4)66(115)92-50(34-101)68(117)94-51(35-102)69(118)95-59(38(5)6)71(120)85-28-55(108)81-27-54(107)84-31-58(111)90-49(33-100)67(116)93-52(36-103)70(119)98-62(42(10)104)74(123)97-61(40(8)12-2)73(122)91-47(17-13-14-22-76)65(114)88-44(32-99)25-43-18-20-45(105)21-19-43/h18-21,32,37-42,44,46-52,59-62,100-105H,11-17,22-31,33-36,76-77H2,1-10H3,(H,81,108)(H,82,109)(H,83,106)(H,84,107)(H,85,120)(H,86,121)(H,87,113)(H,88,114)(H,89,110)(H,90,111)(H,91,122)(H,92,115)(H,93,116)(H,94,117)(H,95,118)(H,96,112)(H,97,123)(H,98,119)(H4,78,79,80)/t39-,40-,41-,42+,44-,46-,47-,48-,49-,50-,51-,52-,59-,60-,61-,62-/m0/s1. The molecular weight excluding hydrogens is 1620 g/mol. The number of phenolic OH excluding ortho intramolecular Hbond substituents is 1. The number of rotatable bonds is 59. The van der Waals surface area contributed by atoms with Gasteiger partial charge in [-0.15, -0.1) is 0 Å². The highest BCUT2D eigenvalue weighted by atomic mass is 16.3.